The van der Waals surface area contributed by atoms with E-state index in [9.17, 15) is 13.2 Å². The lowest BCUT2D eigenvalue weighted by molar-refractivity contribution is 0.579. The van der Waals surface area contributed by atoms with E-state index in [1.807, 2.05) is 6.92 Å². The molecule has 0 saturated carbocycles. The van der Waals surface area contributed by atoms with Crippen molar-refractivity contribution in [3.8, 4) is 11.1 Å². The van der Waals surface area contributed by atoms with Crippen molar-refractivity contribution in [2.45, 2.75) is 20.4 Å². The zero-order chi connectivity index (χ0) is 14.7. The van der Waals surface area contributed by atoms with Crippen LogP contribution in [0.25, 0.3) is 11.1 Å². The molecular weight excluding hydrogens is 263 g/mol. The molecule has 0 aliphatic rings. The molecule has 0 amide bonds. The SMILES string of the molecule is CCNCc1ccc(F)cc1-c1cc(C)c(F)cc1F. The van der Waals surface area contributed by atoms with E-state index in [-0.39, 0.29) is 5.56 Å². The van der Waals surface area contributed by atoms with Crippen LogP contribution in [0.15, 0.2) is 30.3 Å². The number of benzene rings is 2. The Hall–Kier alpha value is -1.81. The number of halogens is 3. The third kappa shape index (κ3) is 3.02. The van der Waals surface area contributed by atoms with Crippen LogP contribution in [0.4, 0.5) is 13.2 Å². The molecule has 0 atom stereocenters. The van der Waals surface area contributed by atoms with Crippen molar-refractivity contribution in [2.75, 3.05) is 6.54 Å². The summed E-state index contributed by atoms with van der Waals surface area (Å²) in [5.74, 6) is -1.73. The first kappa shape index (κ1) is 14.6. The molecule has 0 aliphatic carbocycles. The lowest BCUT2D eigenvalue weighted by Crippen LogP contribution is -2.12. The van der Waals surface area contributed by atoms with Gasteiger partial charge in [-0.2, -0.15) is 0 Å². The average Bonchev–Trinajstić information content (AvgIpc) is 2.41. The fraction of sp³-hybridized carbons (Fsp3) is 0.250. The van der Waals surface area contributed by atoms with Gasteiger partial charge in [-0.1, -0.05) is 13.0 Å². The highest BCUT2D eigenvalue weighted by Crippen LogP contribution is 2.29. The molecule has 0 fully saturated rings. The fourth-order valence-corrected chi connectivity index (χ4v) is 2.08. The summed E-state index contributed by atoms with van der Waals surface area (Å²) in [6.07, 6.45) is 0. The third-order valence-electron chi connectivity index (χ3n) is 3.18. The van der Waals surface area contributed by atoms with Crippen LogP contribution in [0.3, 0.4) is 0 Å². The van der Waals surface area contributed by atoms with Gasteiger partial charge in [-0.05, 0) is 48.4 Å². The van der Waals surface area contributed by atoms with Gasteiger partial charge in [0.2, 0.25) is 0 Å². The molecular formula is C16H16F3N. The first-order chi connectivity index (χ1) is 9.52. The van der Waals surface area contributed by atoms with E-state index in [2.05, 4.69) is 5.32 Å². The van der Waals surface area contributed by atoms with E-state index >= 15 is 0 Å². The molecule has 4 heteroatoms. The van der Waals surface area contributed by atoms with Gasteiger partial charge in [0, 0.05) is 18.2 Å². The summed E-state index contributed by atoms with van der Waals surface area (Å²) in [5, 5.41) is 3.12. The first-order valence-corrected chi connectivity index (χ1v) is 6.48. The molecule has 0 saturated heterocycles. The Morgan fingerprint density at radius 2 is 1.70 bits per heavy atom. The highest BCUT2D eigenvalue weighted by molar-refractivity contribution is 5.69. The summed E-state index contributed by atoms with van der Waals surface area (Å²) in [6, 6.07) is 6.49. The normalized spacial score (nSPS) is 10.8. The minimum absolute atomic E-state index is 0.219. The van der Waals surface area contributed by atoms with Gasteiger partial charge >= 0.3 is 0 Å². The van der Waals surface area contributed by atoms with Crippen molar-refractivity contribution >= 4 is 0 Å². The molecule has 0 radical (unpaired) electrons. The zero-order valence-electron chi connectivity index (χ0n) is 11.4. The van der Waals surface area contributed by atoms with Gasteiger partial charge in [0.05, 0.1) is 0 Å². The van der Waals surface area contributed by atoms with Crippen LogP contribution in [0, 0.1) is 24.4 Å². The molecule has 2 aromatic carbocycles. The Balaban J connectivity index is 2.55. The second-order valence-corrected chi connectivity index (χ2v) is 4.66. The van der Waals surface area contributed by atoms with Crippen LogP contribution in [-0.4, -0.2) is 6.54 Å². The minimum atomic E-state index is -0.684. The molecule has 0 aromatic heterocycles. The van der Waals surface area contributed by atoms with E-state index in [1.54, 1.807) is 13.0 Å². The number of aryl methyl sites for hydroxylation is 1. The van der Waals surface area contributed by atoms with E-state index in [0.29, 0.717) is 17.7 Å². The van der Waals surface area contributed by atoms with Crippen molar-refractivity contribution in [2.24, 2.45) is 0 Å². The van der Waals surface area contributed by atoms with Crippen LogP contribution in [-0.2, 0) is 6.54 Å². The van der Waals surface area contributed by atoms with Crippen molar-refractivity contribution in [3.63, 3.8) is 0 Å². The van der Waals surface area contributed by atoms with Crippen molar-refractivity contribution in [1.29, 1.82) is 0 Å². The molecule has 1 nitrogen and oxygen atoms in total. The standard InChI is InChI=1S/C16H16F3N/c1-3-20-9-11-4-5-12(17)7-13(11)14-6-10(2)15(18)8-16(14)19/h4-8,20H,3,9H2,1-2H3. The average molecular weight is 279 g/mol. The maximum absolute atomic E-state index is 14.0. The van der Waals surface area contributed by atoms with Gasteiger partial charge in [-0.25, -0.2) is 13.2 Å². The van der Waals surface area contributed by atoms with Crippen molar-refractivity contribution < 1.29 is 13.2 Å². The summed E-state index contributed by atoms with van der Waals surface area (Å²) >= 11 is 0. The predicted octanol–water partition coefficient (Wildman–Crippen LogP) is 4.19. The molecule has 2 rings (SSSR count). The van der Waals surface area contributed by atoms with Gasteiger partial charge in [0.25, 0.3) is 0 Å². The fourth-order valence-electron chi connectivity index (χ4n) is 2.08. The molecule has 0 aliphatic heterocycles. The second-order valence-electron chi connectivity index (χ2n) is 4.66. The number of rotatable bonds is 4. The Morgan fingerprint density at radius 1 is 0.950 bits per heavy atom. The molecule has 1 N–H and O–H groups in total. The molecule has 20 heavy (non-hydrogen) atoms. The summed E-state index contributed by atoms with van der Waals surface area (Å²) in [6.45, 7) is 4.76. The van der Waals surface area contributed by atoms with E-state index in [4.69, 9.17) is 0 Å². The monoisotopic (exact) mass is 279 g/mol. The lowest BCUT2D eigenvalue weighted by atomic mass is 9.97. The van der Waals surface area contributed by atoms with E-state index in [1.165, 1.54) is 18.2 Å². The maximum atomic E-state index is 14.0. The van der Waals surface area contributed by atoms with E-state index in [0.717, 1.165) is 18.2 Å². The quantitative estimate of drug-likeness (QED) is 0.885. The summed E-state index contributed by atoms with van der Waals surface area (Å²) < 4.78 is 40.7. The third-order valence-corrected chi connectivity index (χ3v) is 3.18. The smallest absolute Gasteiger partial charge is 0.133 e. The molecule has 2 aromatic rings. The Kier molecular flexibility index (Phi) is 4.45. The summed E-state index contributed by atoms with van der Waals surface area (Å²) in [7, 11) is 0. The number of hydrogen-bond acceptors (Lipinski definition) is 1. The van der Waals surface area contributed by atoms with Gasteiger partial charge < -0.3 is 5.32 Å². The van der Waals surface area contributed by atoms with Gasteiger partial charge in [0.1, 0.15) is 17.5 Å². The maximum Gasteiger partial charge on any atom is 0.133 e. The van der Waals surface area contributed by atoms with Crippen molar-refractivity contribution in [3.05, 3.63) is 58.9 Å². The lowest BCUT2D eigenvalue weighted by Gasteiger charge is -2.12. The zero-order valence-corrected chi connectivity index (χ0v) is 11.4. The number of nitrogens with one attached hydrogen (secondary N) is 1. The highest BCUT2D eigenvalue weighted by Gasteiger charge is 2.13. The van der Waals surface area contributed by atoms with E-state index < -0.39 is 17.5 Å². The van der Waals surface area contributed by atoms with Gasteiger partial charge in [0.15, 0.2) is 0 Å². The van der Waals surface area contributed by atoms with Crippen molar-refractivity contribution in [1.82, 2.24) is 5.32 Å². The molecule has 106 valence electrons. The van der Waals surface area contributed by atoms with Crippen LogP contribution in [0.1, 0.15) is 18.1 Å². The molecule has 0 bridgehead atoms. The largest absolute Gasteiger partial charge is 0.313 e. The summed E-state index contributed by atoms with van der Waals surface area (Å²) in [4.78, 5) is 0. The second kappa shape index (κ2) is 6.09. The van der Waals surface area contributed by atoms with Crippen LogP contribution in [0.5, 0.6) is 0 Å². The first-order valence-electron chi connectivity index (χ1n) is 6.48. The molecule has 0 spiro atoms. The number of hydrogen-bond donors (Lipinski definition) is 1. The molecule has 0 unspecified atom stereocenters. The van der Waals surface area contributed by atoms with Crippen LogP contribution >= 0.6 is 0 Å². The Labute approximate surface area is 116 Å². The summed E-state index contributed by atoms with van der Waals surface area (Å²) in [5.41, 5.74) is 1.78. The van der Waals surface area contributed by atoms with Gasteiger partial charge in [-0.15, -0.1) is 0 Å². The highest BCUT2D eigenvalue weighted by atomic mass is 19.1. The van der Waals surface area contributed by atoms with Crippen LogP contribution in [0.2, 0.25) is 0 Å². The Morgan fingerprint density at radius 3 is 2.40 bits per heavy atom. The topological polar surface area (TPSA) is 12.0 Å². The minimum Gasteiger partial charge on any atom is -0.313 e. The molecule has 0 heterocycles. The Bertz CT molecular complexity index is 623. The van der Waals surface area contributed by atoms with Gasteiger partial charge in [-0.3, -0.25) is 0 Å². The van der Waals surface area contributed by atoms with Crippen LogP contribution < -0.4 is 5.32 Å². The predicted molar refractivity (Wildman–Crippen MR) is 73.9 cm³/mol.